The molecule has 2 aromatic rings. The third-order valence-electron chi connectivity index (χ3n) is 3.53. The number of methoxy groups -OCH3 is 2. The summed E-state index contributed by atoms with van der Waals surface area (Å²) in [6, 6.07) is 12.0. The largest absolute Gasteiger partial charge is 0.495 e. The van der Waals surface area contributed by atoms with Crippen LogP contribution in [0.2, 0.25) is 0 Å². The summed E-state index contributed by atoms with van der Waals surface area (Å²) in [5.74, 6) is 0.0223. The SMILES string of the molecule is COc1ccccc1NC(=O)/C(C#N)=C/c1cc(I)c(OC(C)=O)c(OC)c1. The fraction of sp³-hybridized carbons (Fsp3) is 0.150. The number of esters is 1. The Balaban J connectivity index is 2.36. The second-order valence-corrected chi connectivity index (χ2v) is 6.61. The van der Waals surface area contributed by atoms with Crippen molar-refractivity contribution in [3.63, 3.8) is 0 Å². The van der Waals surface area contributed by atoms with Crippen molar-refractivity contribution in [1.82, 2.24) is 0 Å². The van der Waals surface area contributed by atoms with Crippen molar-refractivity contribution >= 4 is 46.2 Å². The monoisotopic (exact) mass is 492 g/mol. The lowest BCUT2D eigenvalue weighted by Gasteiger charge is -2.12. The Morgan fingerprint density at radius 1 is 1.14 bits per heavy atom. The van der Waals surface area contributed by atoms with Crippen LogP contribution in [0.25, 0.3) is 6.08 Å². The number of ether oxygens (including phenoxy) is 3. The molecule has 0 saturated carbocycles. The van der Waals surface area contributed by atoms with Crippen LogP contribution < -0.4 is 19.5 Å². The molecule has 0 atom stereocenters. The van der Waals surface area contributed by atoms with E-state index in [1.807, 2.05) is 28.7 Å². The summed E-state index contributed by atoms with van der Waals surface area (Å²) in [6.45, 7) is 1.29. The van der Waals surface area contributed by atoms with Gasteiger partial charge in [-0.3, -0.25) is 9.59 Å². The minimum Gasteiger partial charge on any atom is -0.495 e. The van der Waals surface area contributed by atoms with Gasteiger partial charge in [0.1, 0.15) is 17.4 Å². The quantitative estimate of drug-likeness (QED) is 0.217. The topological polar surface area (TPSA) is 97.6 Å². The van der Waals surface area contributed by atoms with Crippen LogP contribution in [0.3, 0.4) is 0 Å². The third-order valence-corrected chi connectivity index (χ3v) is 4.33. The average molecular weight is 492 g/mol. The molecule has 1 amide bonds. The number of para-hydroxylation sites is 2. The van der Waals surface area contributed by atoms with Gasteiger partial charge in [-0.1, -0.05) is 12.1 Å². The lowest BCUT2D eigenvalue weighted by Crippen LogP contribution is -2.14. The van der Waals surface area contributed by atoms with Gasteiger partial charge in [-0.15, -0.1) is 0 Å². The number of nitriles is 1. The Hall–Kier alpha value is -3.06. The molecule has 7 nitrogen and oxygen atoms in total. The maximum atomic E-state index is 12.5. The van der Waals surface area contributed by atoms with Crippen molar-refractivity contribution in [2.24, 2.45) is 0 Å². The lowest BCUT2D eigenvalue weighted by atomic mass is 10.1. The van der Waals surface area contributed by atoms with E-state index in [-0.39, 0.29) is 11.3 Å². The molecule has 0 unspecified atom stereocenters. The number of hydrogen-bond acceptors (Lipinski definition) is 6. The predicted molar refractivity (Wildman–Crippen MR) is 112 cm³/mol. The number of benzene rings is 2. The molecule has 0 aliphatic heterocycles. The van der Waals surface area contributed by atoms with Crippen molar-refractivity contribution in [2.75, 3.05) is 19.5 Å². The number of carbonyl (C=O) groups is 2. The first-order valence-corrected chi connectivity index (χ1v) is 9.09. The van der Waals surface area contributed by atoms with E-state index in [9.17, 15) is 14.9 Å². The molecule has 0 aliphatic carbocycles. The van der Waals surface area contributed by atoms with Crippen LogP contribution in [0, 0.1) is 14.9 Å². The number of carbonyl (C=O) groups excluding carboxylic acids is 2. The van der Waals surface area contributed by atoms with E-state index in [4.69, 9.17) is 14.2 Å². The number of amides is 1. The van der Waals surface area contributed by atoms with Gasteiger partial charge in [0.25, 0.3) is 5.91 Å². The summed E-state index contributed by atoms with van der Waals surface area (Å²) >= 11 is 1.99. The Morgan fingerprint density at radius 2 is 1.82 bits per heavy atom. The van der Waals surface area contributed by atoms with Crippen LogP contribution in [0.15, 0.2) is 42.0 Å². The van der Waals surface area contributed by atoms with Crippen molar-refractivity contribution in [2.45, 2.75) is 6.92 Å². The highest BCUT2D eigenvalue weighted by Gasteiger charge is 2.16. The average Bonchev–Trinajstić information content (AvgIpc) is 2.67. The summed E-state index contributed by atoms with van der Waals surface area (Å²) < 4.78 is 16.2. The molecular formula is C20H17IN2O5. The number of nitrogens with one attached hydrogen (secondary N) is 1. The van der Waals surface area contributed by atoms with E-state index in [1.165, 1.54) is 27.2 Å². The lowest BCUT2D eigenvalue weighted by molar-refractivity contribution is -0.132. The standard InChI is InChI=1S/C20H17IN2O5/c1-12(24)28-19-15(21)9-13(10-18(19)27-3)8-14(11-22)20(25)23-16-6-4-5-7-17(16)26-2/h4-10H,1-3H3,(H,23,25)/b14-8+. The molecule has 0 radical (unpaired) electrons. The van der Waals surface area contributed by atoms with Crippen LogP contribution >= 0.6 is 22.6 Å². The van der Waals surface area contributed by atoms with Crippen molar-refractivity contribution in [1.29, 1.82) is 5.26 Å². The molecule has 0 fully saturated rings. The first-order valence-electron chi connectivity index (χ1n) is 8.01. The molecule has 8 heteroatoms. The third kappa shape index (κ3) is 5.23. The van der Waals surface area contributed by atoms with E-state index >= 15 is 0 Å². The van der Waals surface area contributed by atoms with E-state index < -0.39 is 11.9 Å². The highest BCUT2D eigenvalue weighted by molar-refractivity contribution is 14.1. The van der Waals surface area contributed by atoms with Crippen molar-refractivity contribution < 1.29 is 23.8 Å². The van der Waals surface area contributed by atoms with Gasteiger partial charge in [0, 0.05) is 6.92 Å². The van der Waals surface area contributed by atoms with Crippen LogP contribution in [-0.2, 0) is 9.59 Å². The highest BCUT2D eigenvalue weighted by atomic mass is 127. The molecule has 2 aromatic carbocycles. The first kappa shape index (κ1) is 21.2. The number of halogens is 1. The molecule has 0 spiro atoms. The molecule has 0 aromatic heterocycles. The van der Waals surface area contributed by atoms with Crippen LogP contribution in [0.4, 0.5) is 5.69 Å². The van der Waals surface area contributed by atoms with Gasteiger partial charge in [-0.05, 0) is 58.5 Å². The van der Waals surface area contributed by atoms with E-state index in [2.05, 4.69) is 5.32 Å². The molecule has 144 valence electrons. The van der Waals surface area contributed by atoms with Gasteiger partial charge in [0.2, 0.25) is 0 Å². The Labute approximate surface area is 176 Å². The Kier molecular flexibility index (Phi) is 7.40. The van der Waals surface area contributed by atoms with Gasteiger partial charge in [-0.25, -0.2) is 0 Å². The molecular weight excluding hydrogens is 475 g/mol. The zero-order chi connectivity index (χ0) is 20.7. The Bertz CT molecular complexity index is 979. The molecule has 0 aliphatic rings. The molecule has 0 saturated heterocycles. The van der Waals surface area contributed by atoms with E-state index in [0.29, 0.717) is 26.3 Å². The summed E-state index contributed by atoms with van der Waals surface area (Å²) in [5, 5.41) is 12.1. The summed E-state index contributed by atoms with van der Waals surface area (Å²) in [6.07, 6.45) is 1.42. The number of rotatable bonds is 6. The number of anilines is 1. The van der Waals surface area contributed by atoms with Crippen molar-refractivity contribution in [3.05, 3.63) is 51.1 Å². The minimum absolute atomic E-state index is 0.107. The van der Waals surface area contributed by atoms with Gasteiger partial charge in [-0.2, -0.15) is 5.26 Å². The Morgan fingerprint density at radius 3 is 2.43 bits per heavy atom. The second-order valence-electron chi connectivity index (χ2n) is 5.45. The van der Waals surface area contributed by atoms with E-state index in [0.717, 1.165) is 0 Å². The van der Waals surface area contributed by atoms with E-state index in [1.54, 1.807) is 36.4 Å². The molecule has 0 bridgehead atoms. The number of hydrogen-bond donors (Lipinski definition) is 1. The maximum Gasteiger partial charge on any atom is 0.308 e. The first-order chi connectivity index (χ1) is 13.4. The van der Waals surface area contributed by atoms with Gasteiger partial charge in [0.15, 0.2) is 11.5 Å². The van der Waals surface area contributed by atoms with Gasteiger partial charge < -0.3 is 19.5 Å². The van der Waals surface area contributed by atoms with Crippen LogP contribution in [-0.4, -0.2) is 26.1 Å². The summed E-state index contributed by atoms with van der Waals surface area (Å²) in [4.78, 5) is 23.8. The molecule has 0 heterocycles. The minimum atomic E-state index is -0.579. The smallest absolute Gasteiger partial charge is 0.308 e. The highest BCUT2D eigenvalue weighted by Crippen LogP contribution is 2.35. The summed E-state index contributed by atoms with van der Waals surface area (Å²) in [5.41, 5.74) is 0.890. The fourth-order valence-corrected chi connectivity index (χ4v) is 3.05. The van der Waals surface area contributed by atoms with Crippen LogP contribution in [0.1, 0.15) is 12.5 Å². The maximum absolute atomic E-state index is 12.5. The molecule has 28 heavy (non-hydrogen) atoms. The normalized spacial score (nSPS) is 10.6. The molecule has 2 rings (SSSR count). The molecule has 1 N–H and O–H groups in total. The van der Waals surface area contributed by atoms with Gasteiger partial charge >= 0.3 is 5.97 Å². The zero-order valence-electron chi connectivity index (χ0n) is 15.4. The predicted octanol–water partition coefficient (Wildman–Crippen LogP) is 3.78. The zero-order valence-corrected chi connectivity index (χ0v) is 17.6. The summed E-state index contributed by atoms with van der Waals surface area (Å²) in [7, 11) is 2.93. The fourth-order valence-electron chi connectivity index (χ4n) is 2.32. The van der Waals surface area contributed by atoms with Crippen LogP contribution in [0.5, 0.6) is 17.2 Å². The van der Waals surface area contributed by atoms with Gasteiger partial charge in [0.05, 0.1) is 23.5 Å². The van der Waals surface area contributed by atoms with Crippen molar-refractivity contribution in [3.8, 4) is 23.3 Å². The second kappa shape index (κ2) is 9.75. The number of nitrogens with zero attached hydrogens (tertiary/aromatic N) is 1.